The zero-order chi connectivity index (χ0) is 15.7. The lowest BCUT2D eigenvalue weighted by Gasteiger charge is -2.26. The second-order valence-corrected chi connectivity index (χ2v) is 6.42. The van der Waals surface area contributed by atoms with Gasteiger partial charge in [0.05, 0.1) is 0 Å². The molecule has 0 amide bonds. The van der Waals surface area contributed by atoms with Crippen molar-refractivity contribution in [2.45, 2.75) is 39.5 Å². The van der Waals surface area contributed by atoms with Crippen molar-refractivity contribution in [3.05, 3.63) is 65.1 Å². The monoisotopic (exact) mass is 299 g/mol. The van der Waals surface area contributed by atoms with E-state index in [0.29, 0.717) is 11.1 Å². The minimum atomic E-state index is -0.758. The lowest BCUT2D eigenvalue weighted by atomic mass is 9.79. The Morgan fingerprint density at radius 1 is 0.818 bits per heavy atom. The summed E-state index contributed by atoms with van der Waals surface area (Å²) in [6.45, 7) is 3.88. The van der Waals surface area contributed by atoms with Crippen LogP contribution in [0, 0.1) is 30.4 Å². The van der Waals surface area contributed by atoms with Gasteiger partial charge in [0, 0.05) is 11.5 Å². The molecule has 115 valence electrons. The zero-order valence-corrected chi connectivity index (χ0v) is 13.1. The van der Waals surface area contributed by atoms with Crippen molar-refractivity contribution in [1.82, 2.24) is 0 Å². The Balaban J connectivity index is 1.84. The highest BCUT2D eigenvalue weighted by molar-refractivity contribution is 5.65. The van der Waals surface area contributed by atoms with E-state index in [-0.39, 0.29) is 0 Å². The molecule has 1 saturated carbocycles. The normalized spacial score (nSPS) is 16.9. The number of aryl methyl sites for hydroxylation is 1. The van der Waals surface area contributed by atoms with Crippen LogP contribution in [0.1, 0.15) is 43.7 Å². The molecule has 0 N–H and O–H groups in total. The van der Waals surface area contributed by atoms with Gasteiger partial charge in [0.25, 0.3) is 0 Å². The Bertz CT molecular complexity index is 650. The maximum Gasteiger partial charge on any atom is 0.166 e. The van der Waals surface area contributed by atoms with Crippen LogP contribution in [0.2, 0.25) is 0 Å². The molecule has 1 fully saturated rings. The average molecular weight is 299 g/mol. The van der Waals surface area contributed by atoms with Gasteiger partial charge in [-0.25, -0.2) is 8.78 Å². The van der Waals surface area contributed by atoms with Gasteiger partial charge in [-0.1, -0.05) is 43.3 Å². The van der Waals surface area contributed by atoms with Crippen molar-refractivity contribution in [1.29, 1.82) is 0 Å². The molecular weight excluding hydrogens is 278 g/mol. The van der Waals surface area contributed by atoms with Crippen LogP contribution in [0.15, 0.2) is 36.4 Å². The smallest absolute Gasteiger partial charge is 0.166 e. The van der Waals surface area contributed by atoms with E-state index in [9.17, 15) is 8.78 Å². The Morgan fingerprint density at radius 2 is 1.41 bits per heavy atom. The first-order valence-electron chi connectivity index (χ1n) is 7.96. The summed E-state index contributed by atoms with van der Waals surface area (Å²) >= 11 is 0. The lowest BCUT2D eigenvalue weighted by molar-refractivity contribution is 0.416. The fraction of sp³-hybridized carbons (Fsp3) is 0.350. The van der Waals surface area contributed by atoms with Crippen LogP contribution in [-0.4, -0.2) is 0 Å². The average Bonchev–Trinajstić information content (AvgIpc) is 2.54. The van der Waals surface area contributed by atoms with Gasteiger partial charge >= 0.3 is 0 Å². The summed E-state index contributed by atoms with van der Waals surface area (Å²) in [6.07, 6.45) is 4.78. The lowest BCUT2D eigenvalue weighted by Crippen LogP contribution is -2.11. The molecule has 0 saturated heterocycles. The fourth-order valence-corrected chi connectivity index (χ4v) is 3.15. The first-order valence-corrected chi connectivity index (χ1v) is 7.96. The van der Waals surface area contributed by atoms with Crippen LogP contribution in [0.25, 0.3) is 11.1 Å². The fourth-order valence-electron chi connectivity index (χ4n) is 3.15. The van der Waals surface area contributed by atoms with Crippen molar-refractivity contribution >= 4 is 0 Å². The molecule has 2 aromatic rings. The maximum absolute atomic E-state index is 14.1. The van der Waals surface area contributed by atoms with Gasteiger partial charge in [0.15, 0.2) is 11.6 Å². The van der Waals surface area contributed by atoms with Crippen molar-refractivity contribution in [2.75, 3.05) is 0 Å². The second-order valence-electron chi connectivity index (χ2n) is 6.42. The van der Waals surface area contributed by atoms with E-state index < -0.39 is 11.6 Å². The van der Waals surface area contributed by atoms with Gasteiger partial charge < -0.3 is 0 Å². The van der Waals surface area contributed by atoms with Gasteiger partial charge in [-0.05, 0) is 55.2 Å². The Kier molecular flexibility index (Phi) is 4.28. The molecular formula is C20H21F2. The summed E-state index contributed by atoms with van der Waals surface area (Å²) in [5, 5.41) is 0. The highest BCUT2D eigenvalue weighted by Crippen LogP contribution is 2.35. The minimum Gasteiger partial charge on any atom is -0.203 e. The van der Waals surface area contributed by atoms with Crippen molar-refractivity contribution in [3.63, 3.8) is 0 Å². The molecule has 0 nitrogen and oxygen atoms in total. The maximum atomic E-state index is 14.1. The van der Waals surface area contributed by atoms with Gasteiger partial charge in [0.1, 0.15) is 0 Å². The molecule has 2 heteroatoms. The molecule has 2 aromatic carbocycles. The molecule has 3 rings (SSSR count). The highest BCUT2D eigenvalue weighted by atomic mass is 19.2. The van der Waals surface area contributed by atoms with Crippen LogP contribution in [0.3, 0.4) is 0 Å². The predicted octanol–water partition coefficient (Wildman–Crippen LogP) is 6.07. The predicted molar refractivity (Wildman–Crippen MR) is 86.5 cm³/mol. The Morgan fingerprint density at radius 3 is 2.05 bits per heavy atom. The van der Waals surface area contributed by atoms with Crippen LogP contribution >= 0.6 is 0 Å². The summed E-state index contributed by atoms with van der Waals surface area (Å²) < 4.78 is 27.8. The van der Waals surface area contributed by atoms with Gasteiger partial charge in [-0.15, -0.1) is 0 Å². The summed E-state index contributed by atoms with van der Waals surface area (Å²) in [4.78, 5) is 0. The molecule has 0 spiro atoms. The van der Waals surface area contributed by atoms with Gasteiger partial charge in [-0.3, -0.25) is 0 Å². The molecule has 0 aromatic heterocycles. The third-order valence-electron chi connectivity index (χ3n) is 4.76. The molecule has 1 aliphatic rings. The van der Waals surface area contributed by atoms with Crippen LogP contribution in [0.5, 0.6) is 0 Å². The van der Waals surface area contributed by atoms with E-state index in [4.69, 9.17) is 0 Å². The third-order valence-corrected chi connectivity index (χ3v) is 4.76. The molecule has 0 aliphatic heterocycles. The SMILES string of the molecule is Cc1ccc(-c2ccc([C]3CCC(C)CC3)cc2)c(F)c1F. The third kappa shape index (κ3) is 2.92. The number of halogens is 2. The first kappa shape index (κ1) is 15.2. The molecule has 1 radical (unpaired) electrons. The number of hydrogen-bond donors (Lipinski definition) is 0. The number of rotatable bonds is 2. The molecule has 0 atom stereocenters. The Labute approximate surface area is 131 Å². The van der Waals surface area contributed by atoms with Crippen LogP contribution < -0.4 is 0 Å². The molecule has 0 heterocycles. The summed E-state index contributed by atoms with van der Waals surface area (Å²) in [5.41, 5.74) is 2.63. The summed E-state index contributed by atoms with van der Waals surface area (Å²) in [5.74, 6) is 0.789. The van der Waals surface area contributed by atoms with Crippen LogP contribution in [-0.2, 0) is 0 Å². The highest BCUT2D eigenvalue weighted by Gasteiger charge is 2.20. The van der Waals surface area contributed by atoms with E-state index in [1.54, 1.807) is 19.1 Å². The summed E-state index contributed by atoms with van der Waals surface area (Å²) in [7, 11) is 0. The minimum absolute atomic E-state index is 0.330. The summed E-state index contributed by atoms with van der Waals surface area (Å²) in [6, 6.07) is 11.1. The van der Waals surface area contributed by atoms with E-state index in [0.717, 1.165) is 24.3 Å². The van der Waals surface area contributed by atoms with Crippen LogP contribution in [0.4, 0.5) is 8.78 Å². The van der Waals surface area contributed by atoms with Crippen molar-refractivity contribution < 1.29 is 8.78 Å². The van der Waals surface area contributed by atoms with Gasteiger partial charge in [-0.2, -0.15) is 0 Å². The number of benzene rings is 2. The second kappa shape index (κ2) is 6.20. The van der Waals surface area contributed by atoms with E-state index in [2.05, 4.69) is 6.92 Å². The largest absolute Gasteiger partial charge is 0.203 e. The molecule has 0 bridgehead atoms. The first-order chi connectivity index (χ1) is 10.6. The van der Waals surface area contributed by atoms with Gasteiger partial charge in [0.2, 0.25) is 0 Å². The van der Waals surface area contributed by atoms with E-state index in [1.165, 1.54) is 24.3 Å². The zero-order valence-electron chi connectivity index (χ0n) is 13.1. The Hall–Kier alpha value is -1.70. The van der Waals surface area contributed by atoms with Crippen molar-refractivity contribution in [2.24, 2.45) is 5.92 Å². The number of hydrogen-bond acceptors (Lipinski definition) is 0. The topological polar surface area (TPSA) is 0 Å². The standard InChI is InChI=1S/C20H21F2/c1-13-3-6-15(7-4-13)16-8-10-17(11-9-16)18-12-5-14(2)19(21)20(18)22/h5,8-13H,3-4,6-7H2,1-2H3. The molecule has 0 unspecified atom stereocenters. The van der Waals surface area contributed by atoms with E-state index >= 15 is 0 Å². The molecule has 22 heavy (non-hydrogen) atoms. The van der Waals surface area contributed by atoms with Crippen molar-refractivity contribution in [3.8, 4) is 11.1 Å². The quantitative estimate of drug-likeness (QED) is 0.631. The van der Waals surface area contributed by atoms with E-state index in [1.807, 2.05) is 24.3 Å². The molecule has 1 aliphatic carbocycles.